The second-order valence-electron chi connectivity index (χ2n) is 7.04. The van der Waals surface area contributed by atoms with E-state index in [4.69, 9.17) is 4.98 Å². The molecule has 0 atom stereocenters. The zero-order valence-corrected chi connectivity index (χ0v) is 15.2. The van der Waals surface area contributed by atoms with Crippen molar-refractivity contribution in [2.75, 3.05) is 18.0 Å². The van der Waals surface area contributed by atoms with Gasteiger partial charge in [-0.05, 0) is 44.7 Å². The number of nitrogens with zero attached hydrogens (tertiary/aromatic N) is 3. The average Bonchev–Trinajstić information content (AvgIpc) is 3.47. The third kappa shape index (κ3) is 3.40. The first-order valence-corrected chi connectivity index (χ1v) is 10.5. The van der Waals surface area contributed by atoms with Gasteiger partial charge >= 0.3 is 0 Å². The number of benzene rings is 1. The van der Waals surface area contributed by atoms with Gasteiger partial charge in [0.2, 0.25) is 0 Å². The first kappa shape index (κ1) is 16.5. The molecule has 5 nitrogen and oxygen atoms in total. The SMILES string of the molecule is Cc1cc(N2CCC(S(=O)(=O)c3ccccc3)CC2)nc(C2CC2)n1. The van der Waals surface area contributed by atoms with Crippen LogP contribution in [0.5, 0.6) is 0 Å². The highest BCUT2D eigenvalue weighted by atomic mass is 32.2. The van der Waals surface area contributed by atoms with Crippen molar-refractivity contribution in [1.82, 2.24) is 9.97 Å². The molecule has 132 valence electrons. The zero-order chi connectivity index (χ0) is 17.4. The Morgan fingerprint density at radius 3 is 2.32 bits per heavy atom. The first-order chi connectivity index (χ1) is 12.0. The normalized spacial score (nSPS) is 19.2. The highest BCUT2D eigenvalue weighted by molar-refractivity contribution is 7.92. The Kier molecular flexibility index (Phi) is 4.23. The minimum Gasteiger partial charge on any atom is -0.356 e. The molecule has 0 spiro atoms. The quantitative estimate of drug-likeness (QED) is 0.841. The summed E-state index contributed by atoms with van der Waals surface area (Å²) < 4.78 is 25.6. The number of aryl methyl sites for hydroxylation is 1. The molecule has 0 bridgehead atoms. The summed E-state index contributed by atoms with van der Waals surface area (Å²) in [6.45, 7) is 3.44. The maximum atomic E-state index is 12.8. The number of sulfone groups is 1. The molecule has 2 aromatic rings. The van der Waals surface area contributed by atoms with Crippen molar-refractivity contribution in [1.29, 1.82) is 0 Å². The molecule has 1 aromatic heterocycles. The van der Waals surface area contributed by atoms with Crippen LogP contribution in [0.3, 0.4) is 0 Å². The summed E-state index contributed by atoms with van der Waals surface area (Å²) in [6, 6.07) is 10.8. The van der Waals surface area contributed by atoms with Crippen LogP contribution in [-0.4, -0.2) is 36.7 Å². The van der Waals surface area contributed by atoms with E-state index < -0.39 is 9.84 Å². The summed E-state index contributed by atoms with van der Waals surface area (Å²) in [5.41, 5.74) is 0.992. The van der Waals surface area contributed by atoms with Crippen LogP contribution in [0.2, 0.25) is 0 Å². The van der Waals surface area contributed by atoms with Gasteiger partial charge in [-0.15, -0.1) is 0 Å². The summed E-state index contributed by atoms with van der Waals surface area (Å²) in [5, 5.41) is -0.308. The van der Waals surface area contributed by atoms with Crippen molar-refractivity contribution in [3.63, 3.8) is 0 Å². The Labute approximate surface area is 149 Å². The molecule has 2 aliphatic rings. The molecule has 1 saturated heterocycles. The topological polar surface area (TPSA) is 63.2 Å². The average molecular weight is 357 g/mol. The second kappa shape index (κ2) is 6.41. The molecular formula is C19H23N3O2S. The number of rotatable bonds is 4. The summed E-state index contributed by atoms with van der Waals surface area (Å²) in [5.74, 6) is 2.42. The van der Waals surface area contributed by atoms with E-state index in [1.54, 1.807) is 24.3 Å². The van der Waals surface area contributed by atoms with Gasteiger partial charge in [0.05, 0.1) is 10.1 Å². The van der Waals surface area contributed by atoms with Crippen molar-refractivity contribution < 1.29 is 8.42 Å². The molecule has 6 heteroatoms. The standard InChI is InChI=1S/C19H23N3O2S/c1-14-13-18(21-19(20-14)15-7-8-15)22-11-9-17(10-12-22)25(23,24)16-5-3-2-4-6-16/h2-6,13,15,17H,7-12H2,1H3. The van der Waals surface area contributed by atoms with Gasteiger partial charge in [-0.1, -0.05) is 18.2 Å². The molecule has 0 N–H and O–H groups in total. The summed E-state index contributed by atoms with van der Waals surface area (Å²) >= 11 is 0. The van der Waals surface area contributed by atoms with Gasteiger partial charge in [0.25, 0.3) is 0 Å². The van der Waals surface area contributed by atoms with Crippen LogP contribution in [0, 0.1) is 6.92 Å². The third-order valence-electron chi connectivity index (χ3n) is 5.08. The maximum Gasteiger partial charge on any atom is 0.181 e. The number of piperidine rings is 1. The van der Waals surface area contributed by atoms with Gasteiger partial charge in [-0.2, -0.15) is 0 Å². The van der Waals surface area contributed by atoms with Crippen molar-refractivity contribution in [3.05, 3.63) is 47.9 Å². The smallest absolute Gasteiger partial charge is 0.181 e. The van der Waals surface area contributed by atoms with Gasteiger partial charge in [0.1, 0.15) is 11.6 Å². The van der Waals surface area contributed by atoms with Gasteiger partial charge in [-0.3, -0.25) is 0 Å². The summed E-state index contributed by atoms with van der Waals surface area (Å²) in [6.07, 6.45) is 3.64. The molecule has 0 amide bonds. The largest absolute Gasteiger partial charge is 0.356 e. The lowest BCUT2D eigenvalue weighted by Gasteiger charge is -2.32. The van der Waals surface area contributed by atoms with E-state index in [0.29, 0.717) is 23.7 Å². The molecule has 2 fully saturated rings. The van der Waals surface area contributed by atoms with E-state index in [-0.39, 0.29) is 5.25 Å². The number of anilines is 1. The molecule has 0 radical (unpaired) electrons. The van der Waals surface area contributed by atoms with Gasteiger partial charge < -0.3 is 4.90 Å². The minimum atomic E-state index is -3.25. The van der Waals surface area contributed by atoms with Gasteiger partial charge in [-0.25, -0.2) is 18.4 Å². The fraction of sp³-hybridized carbons (Fsp3) is 0.474. The fourth-order valence-corrected chi connectivity index (χ4v) is 5.21. The lowest BCUT2D eigenvalue weighted by molar-refractivity contribution is 0.527. The second-order valence-corrected chi connectivity index (χ2v) is 9.27. The summed E-state index contributed by atoms with van der Waals surface area (Å²) in [4.78, 5) is 11.9. The van der Waals surface area contributed by atoms with E-state index >= 15 is 0 Å². The van der Waals surface area contributed by atoms with Crippen LogP contribution in [-0.2, 0) is 9.84 Å². The minimum absolute atomic E-state index is 0.308. The molecule has 1 saturated carbocycles. The van der Waals surface area contributed by atoms with Crippen LogP contribution in [0.1, 0.15) is 43.1 Å². The lowest BCUT2D eigenvalue weighted by Crippen LogP contribution is -2.39. The predicted octanol–water partition coefficient (Wildman–Crippen LogP) is 3.11. The van der Waals surface area contributed by atoms with Gasteiger partial charge in [0.15, 0.2) is 9.84 Å². The molecule has 1 aliphatic carbocycles. The van der Waals surface area contributed by atoms with Crippen LogP contribution < -0.4 is 4.90 Å². The van der Waals surface area contributed by atoms with Gasteiger partial charge in [0, 0.05) is 30.8 Å². The Balaban J connectivity index is 1.48. The van der Waals surface area contributed by atoms with E-state index in [1.165, 1.54) is 12.8 Å². The Morgan fingerprint density at radius 2 is 1.68 bits per heavy atom. The third-order valence-corrected chi connectivity index (χ3v) is 7.36. The number of hydrogen-bond acceptors (Lipinski definition) is 5. The molecule has 4 rings (SSSR count). The van der Waals surface area contributed by atoms with Crippen LogP contribution in [0.15, 0.2) is 41.3 Å². The predicted molar refractivity (Wildman–Crippen MR) is 97.6 cm³/mol. The molecular weight excluding hydrogens is 334 g/mol. The maximum absolute atomic E-state index is 12.8. The molecule has 2 heterocycles. The van der Waals surface area contributed by atoms with Crippen molar-refractivity contribution in [2.45, 2.75) is 48.7 Å². The first-order valence-electron chi connectivity index (χ1n) is 8.93. The number of aromatic nitrogens is 2. The molecule has 0 unspecified atom stereocenters. The Bertz CT molecular complexity index is 855. The van der Waals surface area contributed by atoms with Crippen LogP contribution in [0.25, 0.3) is 0 Å². The Morgan fingerprint density at radius 1 is 1.00 bits per heavy atom. The van der Waals surface area contributed by atoms with E-state index in [9.17, 15) is 8.42 Å². The summed E-state index contributed by atoms with van der Waals surface area (Å²) in [7, 11) is -3.25. The highest BCUT2D eigenvalue weighted by Gasteiger charge is 2.32. The van der Waals surface area contributed by atoms with Crippen molar-refractivity contribution in [2.24, 2.45) is 0 Å². The highest BCUT2D eigenvalue weighted by Crippen LogP contribution is 2.39. The van der Waals surface area contributed by atoms with Crippen molar-refractivity contribution in [3.8, 4) is 0 Å². The van der Waals surface area contributed by atoms with Crippen LogP contribution in [0.4, 0.5) is 5.82 Å². The molecule has 1 aromatic carbocycles. The lowest BCUT2D eigenvalue weighted by atomic mass is 10.1. The molecule has 1 aliphatic heterocycles. The Hall–Kier alpha value is -1.95. The zero-order valence-electron chi connectivity index (χ0n) is 14.4. The van der Waals surface area contributed by atoms with E-state index in [1.807, 2.05) is 19.1 Å². The van der Waals surface area contributed by atoms with Crippen molar-refractivity contribution >= 4 is 15.7 Å². The van der Waals surface area contributed by atoms with E-state index in [0.717, 1.165) is 30.4 Å². The van der Waals surface area contributed by atoms with E-state index in [2.05, 4.69) is 9.88 Å². The number of hydrogen-bond donors (Lipinski definition) is 0. The monoisotopic (exact) mass is 357 g/mol. The molecule has 25 heavy (non-hydrogen) atoms. The van der Waals surface area contributed by atoms with Crippen LogP contribution >= 0.6 is 0 Å². The fourth-order valence-electron chi connectivity index (χ4n) is 3.46.